The number of methoxy groups -OCH3 is 1. The topological polar surface area (TPSA) is 78.9 Å². The summed E-state index contributed by atoms with van der Waals surface area (Å²) in [4.78, 5) is 24.5. The Hall–Kier alpha value is -2.34. The molecule has 0 bridgehead atoms. The molecule has 0 spiro atoms. The second-order valence-corrected chi connectivity index (χ2v) is 4.39. The normalized spacial score (nSPS) is 9.95. The minimum Gasteiger partial charge on any atom is -0.478 e. The fourth-order valence-electron chi connectivity index (χ4n) is 1.74. The van der Waals surface area contributed by atoms with Crippen molar-refractivity contribution in [1.29, 1.82) is 0 Å². The summed E-state index contributed by atoms with van der Waals surface area (Å²) < 4.78 is 4.95. The lowest BCUT2D eigenvalue weighted by atomic mass is 10.1. The SMILES string of the molecule is C=CCN(CCOC)C(=O)NCc1cccc(C(=O)O)c1. The molecule has 0 fully saturated rings. The number of rotatable bonds is 8. The van der Waals surface area contributed by atoms with Crippen LogP contribution in [-0.2, 0) is 11.3 Å². The van der Waals surface area contributed by atoms with E-state index in [9.17, 15) is 9.59 Å². The Balaban J connectivity index is 2.59. The number of aromatic carboxylic acids is 1. The Bertz CT molecular complexity index is 502. The molecule has 0 aliphatic heterocycles. The first-order valence-electron chi connectivity index (χ1n) is 6.53. The van der Waals surface area contributed by atoms with Gasteiger partial charge in [0.15, 0.2) is 0 Å². The number of hydrogen-bond acceptors (Lipinski definition) is 3. The number of carboxylic acid groups (broad SMARTS) is 1. The number of nitrogens with zero attached hydrogens (tertiary/aromatic N) is 1. The van der Waals surface area contributed by atoms with E-state index >= 15 is 0 Å². The Labute approximate surface area is 124 Å². The van der Waals surface area contributed by atoms with Crippen LogP contribution in [0.15, 0.2) is 36.9 Å². The fraction of sp³-hybridized carbons (Fsp3) is 0.333. The lowest BCUT2D eigenvalue weighted by Gasteiger charge is -2.21. The van der Waals surface area contributed by atoms with Crippen LogP contribution in [0.2, 0.25) is 0 Å². The third-order valence-corrected chi connectivity index (χ3v) is 2.82. The molecule has 0 saturated heterocycles. The summed E-state index contributed by atoms with van der Waals surface area (Å²) in [5.41, 5.74) is 0.928. The molecule has 1 aromatic rings. The molecular formula is C15H20N2O4. The molecule has 6 heteroatoms. The Morgan fingerprint density at radius 2 is 2.24 bits per heavy atom. The van der Waals surface area contributed by atoms with Crippen LogP contribution in [0.3, 0.4) is 0 Å². The number of carboxylic acids is 1. The maximum atomic E-state index is 12.0. The van der Waals surface area contributed by atoms with Gasteiger partial charge in [0.1, 0.15) is 0 Å². The molecular weight excluding hydrogens is 272 g/mol. The zero-order valence-electron chi connectivity index (χ0n) is 12.0. The van der Waals surface area contributed by atoms with Gasteiger partial charge >= 0.3 is 12.0 Å². The van der Waals surface area contributed by atoms with Gasteiger partial charge in [0.05, 0.1) is 12.2 Å². The van der Waals surface area contributed by atoms with E-state index in [-0.39, 0.29) is 18.1 Å². The van der Waals surface area contributed by atoms with E-state index in [1.165, 1.54) is 12.1 Å². The number of urea groups is 1. The second-order valence-electron chi connectivity index (χ2n) is 4.39. The summed E-state index contributed by atoms with van der Waals surface area (Å²) >= 11 is 0. The quantitative estimate of drug-likeness (QED) is 0.715. The van der Waals surface area contributed by atoms with E-state index in [1.807, 2.05) is 0 Å². The number of benzene rings is 1. The lowest BCUT2D eigenvalue weighted by molar-refractivity contribution is 0.0696. The molecule has 2 amide bonds. The molecule has 21 heavy (non-hydrogen) atoms. The first-order chi connectivity index (χ1) is 10.1. The molecule has 2 N–H and O–H groups in total. The van der Waals surface area contributed by atoms with Crippen molar-refractivity contribution in [3.05, 3.63) is 48.0 Å². The van der Waals surface area contributed by atoms with E-state index in [2.05, 4.69) is 11.9 Å². The van der Waals surface area contributed by atoms with Crippen molar-refractivity contribution in [2.75, 3.05) is 26.8 Å². The number of nitrogens with one attached hydrogen (secondary N) is 1. The van der Waals surface area contributed by atoms with Gasteiger partial charge in [0.25, 0.3) is 0 Å². The molecule has 0 aromatic heterocycles. The van der Waals surface area contributed by atoms with E-state index in [0.717, 1.165) is 5.56 Å². The number of hydrogen-bond donors (Lipinski definition) is 2. The van der Waals surface area contributed by atoms with Crippen molar-refractivity contribution in [3.8, 4) is 0 Å². The molecule has 0 aliphatic rings. The first kappa shape index (κ1) is 16.7. The number of carbonyl (C=O) groups is 2. The highest BCUT2D eigenvalue weighted by atomic mass is 16.5. The monoisotopic (exact) mass is 292 g/mol. The summed E-state index contributed by atoms with van der Waals surface area (Å²) in [7, 11) is 1.57. The standard InChI is InChI=1S/C15H20N2O4/c1-3-7-17(8-9-21-2)15(20)16-11-12-5-4-6-13(10-12)14(18)19/h3-6,10H,1,7-9,11H2,2H3,(H,16,20)(H,18,19). The summed E-state index contributed by atoms with van der Waals surface area (Å²) in [5, 5.41) is 11.7. The summed E-state index contributed by atoms with van der Waals surface area (Å²) in [6.07, 6.45) is 1.64. The predicted octanol–water partition coefficient (Wildman–Crippen LogP) is 1.73. The van der Waals surface area contributed by atoms with Crippen molar-refractivity contribution in [2.45, 2.75) is 6.54 Å². The molecule has 0 saturated carbocycles. The van der Waals surface area contributed by atoms with E-state index in [1.54, 1.807) is 30.2 Å². The molecule has 114 valence electrons. The average Bonchev–Trinajstić information content (AvgIpc) is 2.49. The molecule has 0 atom stereocenters. The highest BCUT2D eigenvalue weighted by molar-refractivity contribution is 5.87. The summed E-state index contributed by atoms with van der Waals surface area (Å²) in [6.45, 7) is 5.20. The van der Waals surface area contributed by atoms with Crippen molar-refractivity contribution >= 4 is 12.0 Å². The van der Waals surface area contributed by atoms with Crippen LogP contribution in [0.25, 0.3) is 0 Å². The van der Waals surface area contributed by atoms with E-state index in [4.69, 9.17) is 9.84 Å². The van der Waals surface area contributed by atoms with Gasteiger partial charge in [-0.3, -0.25) is 0 Å². The van der Waals surface area contributed by atoms with Gasteiger partial charge in [0, 0.05) is 26.7 Å². The first-order valence-corrected chi connectivity index (χ1v) is 6.53. The van der Waals surface area contributed by atoms with Gasteiger partial charge in [-0.1, -0.05) is 18.2 Å². The minimum atomic E-state index is -0.989. The smallest absolute Gasteiger partial charge is 0.335 e. The molecule has 1 rings (SSSR count). The van der Waals surface area contributed by atoms with Gasteiger partial charge in [-0.25, -0.2) is 9.59 Å². The van der Waals surface area contributed by atoms with Crippen molar-refractivity contribution in [3.63, 3.8) is 0 Å². The van der Waals surface area contributed by atoms with Gasteiger partial charge in [0.2, 0.25) is 0 Å². The zero-order chi connectivity index (χ0) is 15.7. The molecule has 0 heterocycles. The van der Waals surface area contributed by atoms with Crippen molar-refractivity contribution in [2.24, 2.45) is 0 Å². The number of ether oxygens (including phenoxy) is 1. The number of carbonyl (C=O) groups excluding carboxylic acids is 1. The van der Waals surface area contributed by atoms with Crippen LogP contribution in [0.5, 0.6) is 0 Å². The highest BCUT2D eigenvalue weighted by Crippen LogP contribution is 2.05. The van der Waals surface area contributed by atoms with Gasteiger partial charge < -0.3 is 20.1 Å². The Morgan fingerprint density at radius 3 is 2.86 bits per heavy atom. The largest absolute Gasteiger partial charge is 0.478 e. The highest BCUT2D eigenvalue weighted by Gasteiger charge is 2.11. The van der Waals surface area contributed by atoms with Gasteiger partial charge in [-0.05, 0) is 17.7 Å². The van der Waals surface area contributed by atoms with Crippen molar-refractivity contribution in [1.82, 2.24) is 10.2 Å². The molecule has 0 radical (unpaired) electrons. The molecule has 6 nitrogen and oxygen atoms in total. The maximum Gasteiger partial charge on any atom is 0.335 e. The molecule has 0 aliphatic carbocycles. The van der Waals surface area contributed by atoms with Crippen LogP contribution in [0.4, 0.5) is 4.79 Å². The third-order valence-electron chi connectivity index (χ3n) is 2.82. The fourth-order valence-corrected chi connectivity index (χ4v) is 1.74. The second kappa shape index (κ2) is 8.76. The zero-order valence-corrected chi connectivity index (χ0v) is 12.0. The van der Waals surface area contributed by atoms with Gasteiger partial charge in [-0.2, -0.15) is 0 Å². The predicted molar refractivity (Wildman–Crippen MR) is 79.3 cm³/mol. The van der Waals surface area contributed by atoms with Crippen LogP contribution >= 0.6 is 0 Å². The molecule has 1 aromatic carbocycles. The summed E-state index contributed by atoms with van der Waals surface area (Å²) in [6, 6.07) is 6.22. The van der Waals surface area contributed by atoms with Crippen LogP contribution in [0.1, 0.15) is 15.9 Å². The molecule has 0 unspecified atom stereocenters. The van der Waals surface area contributed by atoms with Crippen LogP contribution in [-0.4, -0.2) is 48.8 Å². The average molecular weight is 292 g/mol. The maximum absolute atomic E-state index is 12.0. The van der Waals surface area contributed by atoms with Gasteiger partial charge in [-0.15, -0.1) is 6.58 Å². The summed E-state index contributed by atoms with van der Waals surface area (Å²) in [5.74, 6) is -0.989. The van der Waals surface area contributed by atoms with Crippen LogP contribution in [0, 0.1) is 0 Å². The lowest BCUT2D eigenvalue weighted by Crippen LogP contribution is -2.41. The third kappa shape index (κ3) is 5.66. The van der Waals surface area contributed by atoms with Crippen molar-refractivity contribution < 1.29 is 19.4 Å². The Kier molecular flexibility index (Phi) is 6.97. The van der Waals surface area contributed by atoms with E-state index < -0.39 is 5.97 Å². The van der Waals surface area contributed by atoms with Crippen LogP contribution < -0.4 is 5.32 Å². The Morgan fingerprint density at radius 1 is 1.48 bits per heavy atom. The van der Waals surface area contributed by atoms with E-state index in [0.29, 0.717) is 19.7 Å². The minimum absolute atomic E-state index is 0.198. The number of amides is 2.